The summed E-state index contributed by atoms with van der Waals surface area (Å²) in [5.41, 5.74) is 0.339. The van der Waals surface area contributed by atoms with Gasteiger partial charge in [-0.3, -0.25) is 9.59 Å². The zero-order valence-corrected chi connectivity index (χ0v) is 15.4. The Morgan fingerprint density at radius 3 is 2.52 bits per heavy atom. The lowest BCUT2D eigenvalue weighted by molar-refractivity contribution is -0.129. The van der Waals surface area contributed by atoms with Crippen LogP contribution in [-0.2, 0) is 11.2 Å². The molecule has 0 N–H and O–H groups in total. The van der Waals surface area contributed by atoms with Gasteiger partial charge >= 0.3 is 0 Å². The van der Waals surface area contributed by atoms with E-state index in [0.717, 1.165) is 38.8 Å². The van der Waals surface area contributed by atoms with Crippen molar-refractivity contribution in [2.24, 2.45) is 0 Å². The number of aromatic nitrogens is 3. The second-order valence-electron chi connectivity index (χ2n) is 7.19. The minimum Gasteiger partial charge on any atom is -0.424 e. The largest absolute Gasteiger partial charge is 0.424 e. The van der Waals surface area contributed by atoms with Crippen molar-refractivity contribution in [2.45, 2.75) is 44.9 Å². The molecule has 0 aliphatic carbocycles. The summed E-state index contributed by atoms with van der Waals surface area (Å²) in [4.78, 5) is 28.2. The van der Waals surface area contributed by atoms with Crippen molar-refractivity contribution in [1.29, 1.82) is 0 Å². The van der Waals surface area contributed by atoms with E-state index in [2.05, 4.69) is 15.4 Å². The van der Waals surface area contributed by atoms with Crippen LogP contribution in [0, 0.1) is 6.92 Å². The molecule has 0 bridgehead atoms. The maximum absolute atomic E-state index is 12.4. The van der Waals surface area contributed by atoms with Crippen molar-refractivity contribution in [1.82, 2.24) is 25.2 Å². The Balaban J connectivity index is 1.31. The fourth-order valence-corrected chi connectivity index (χ4v) is 3.67. The molecule has 9 heteroatoms. The molecule has 4 rings (SSSR count). The first kappa shape index (κ1) is 17.7. The van der Waals surface area contributed by atoms with E-state index < -0.39 is 0 Å². The van der Waals surface area contributed by atoms with Crippen molar-refractivity contribution < 1.29 is 18.5 Å². The summed E-state index contributed by atoms with van der Waals surface area (Å²) < 4.78 is 10.7. The zero-order chi connectivity index (χ0) is 18.8. The van der Waals surface area contributed by atoms with Crippen LogP contribution in [0.3, 0.4) is 0 Å². The zero-order valence-electron chi connectivity index (χ0n) is 15.4. The number of rotatable bonds is 4. The smallest absolute Gasteiger partial charge is 0.276 e. The Morgan fingerprint density at radius 1 is 1.11 bits per heavy atom. The number of carbonyl (C=O) groups is 2. The van der Waals surface area contributed by atoms with Gasteiger partial charge in [0.2, 0.25) is 17.7 Å². The fourth-order valence-electron chi connectivity index (χ4n) is 3.67. The second kappa shape index (κ2) is 7.50. The highest BCUT2D eigenvalue weighted by Gasteiger charge is 2.29. The first-order valence-electron chi connectivity index (χ1n) is 9.43. The van der Waals surface area contributed by atoms with Gasteiger partial charge in [0.15, 0.2) is 5.69 Å². The van der Waals surface area contributed by atoms with Crippen LogP contribution in [0.25, 0.3) is 0 Å². The predicted octanol–water partition coefficient (Wildman–Crippen LogP) is 1.55. The Morgan fingerprint density at radius 2 is 1.85 bits per heavy atom. The minimum atomic E-state index is -0.118. The standard InChI is InChI=1S/C18H23N5O4/c1-12-10-14(21-27-12)18(25)23-8-4-13(5-9-23)17-20-19-15(26-17)11-16(24)22-6-2-3-7-22/h10,13H,2-9,11H2,1H3. The highest BCUT2D eigenvalue weighted by Crippen LogP contribution is 2.28. The van der Waals surface area contributed by atoms with Gasteiger partial charge in [-0.1, -0.05) is 5.16 Å². The van der Waals surface area contributed by atoms with E-state index in [1.165, 1.54) is 0 Å². The summed E-state index contributed by atoms with van der Waals surface area (Å²) in [7, 11) is 0. The molecule has 2 fully saturated rings. The van der Waals surface area contributed by atoms with E-state index in [9.17, 15) is 9.59 Å². The molecule has 2 aliphatic rings. The molecular formula is C18H23N5O4. The lowest BCUT2D eigenvalue weighted by atomic mass is 9.96. The van der Waals surface area contributed by atoms with Crippen molar-refractivity contribution in [3.8, 4) is 0 Å². The third kappa shape index (κ3) is 3.86. The fraction of sp³-hybridized carbons (Fsp3) is 0.611. The quantitative estimate of drug-likeness (QED) is 0.800. The molecule has 2 aromatic heterocycles. The summed E-state index contributed by atoms with van der Waals surface area (Å²) >= 11 is 0. The Kier molecular flexibility index (Phi) is 4.91. The number of likely N-dealkylation sites (tertiary alicyclic amines) is 2. The van der Waals surface area contributed by atoms with Crippen LogP contribution in [-0.4, -0.2) is 63.1 Å². The van der Waals surface area contributed by atoms with Gasteiger partial charge in [0, 0.05) is 38.2 Å². The van der Waals surface area contributed by atoms with Gasteiger partial charge in [0.25, 0.3) is 5.91 Å². The van der Waals surface area contributed by atoms with Crippen LogP contribution in [0.4, 0.5) is 0 Å². The summed E-state index contributed by atoms with van der Waals surface area (Å²) in [6.45, 7) is 4.59. The van der Waals surface area contributed by atoms with Gasteiger partial charge < -0.3 is 18.7 Å². The average molecular weight is 373 g/mol. The maximum atomic E-state index is 12.4. The molecule has 0 aromatic carbocycles. The molecule has 0 atom stereocenters. The van der Waals surface area contributed by atoms with Crippen molar-refractivity contribution in [2.75, 3.05) is 26.2 Å². The van der Waals surface area contributed by atoms with Crippen molar-refractivity contribution in [3.63, 3.8) is 0 Å². The van der Waals surface area contributed by atoms with E-state index in [1.807, 2.05) is 4.90 Å². The number of piperidine rings is 1. The summed E-state index contributed by atoms with van der Waals surface area (Å²) in [5.74, 6) is 1.59. The lowest BCUT2D eigenvalue weighted by Gasteiger charge is -2.29. The number of hydrogen-bond acceptors (Lipinski definition) is 7. The first-order chi connectivity index (χ1) is 13.1. The number of nitrogens with zero attached hydrogens (tertiary/aromatic N) is 5. The third-order valence-corrected chi connectivity index (χ3v) is 5.22. The van der Waals surface area contributed by atoms with Gasteiger partial charge in [-0.25, -0.2) is 0 Å². The molecule has 0 spiro atoms. The monoisotopic (exact) mass is 373 g/mol. The van der Waals surface area contributed by atoms with Gasteiger partial charge in [-0.05, 0) is 32.6 Å². The van der Waals surface area contributed by atoms with Gasteiger partial charge in [0.1, 0.15) is 12.2 Å². The third-order valence-electron chi connectivity index (χ3n) is 5.22. The van der Waals surface area contributed by atoms with Crippen LogP contribution >= 0.6 is 0 Å². The highest BCUT2D eigenvalue weighted by atomic mass is 16.5. The van der Waals surface area contributed by atoms with E-state index >= 15 is 0 Å². The van der Waals surface area contributed by atoms with Gasteiger partial charge in [-0.15, -0.1) is 10.2 Å². The van der Waals surface area contributed by atoms with Crippen LogP contribution in [0.2, 0.25) is 0 Å². The van der Waals surface area contributed by atoms with Gasteiger partial charge in [0.05, 0.1) is 0 Å². The molecule has 144 valence electrons. The number of hydrogen-bond donors (Lipinski definition) is 0. The van der Waals surface area contributed by atoms with Gasteiger partial charge in [-0.2, -0.15) is 0 Å². The molecular weight excluding hydrogens is 350 g/mol. The normalized spacial score (nSPS) is 18.3. The molecule has 2 aromatic rings. The SMILES string of the molecule is Cc1cc(C(=O)N2CCC(c3nnc(CC(=O)N4CCCC4)o3)CC2)no1. The molecule has 2 saturated heterocycles. The van der Waals surface area contributed by atoms with E-state index in [0.29, 0.717) is 36.3 Å². The van der Waals surface area contributed by atoms with Crippen LogP contribution < -0.4 is 0 Å². The average Bonchev–Trinajstić information content (AvgIpc) is 3.43. The highest BCUT2D eigenvalue weighted by molar-refractivity contribution is 5.92. The summed E-state index contributed by atoms with van der Waals surface area (Å²) in [5, 5.41) is 12.0. The van der Waals surface area contributed by atoms with E-state index in [1.54, 1.807) is 17.9 Å². The molecule has 9 nitrogen and oxygen atoms in total. The molecule has 0 unspecified atom stereocenters. The number of carbonyl (C=O) groups excluding carboxylic acids is 2. The maximum Gasteiger partial charge on any atom is 0.276 e. The predicted molar refractivity (Wildman–Crippen MR) is 92.9 cm³/mol. The second-order valence-corrected chi connectivity index (χ2v) is 7.19. The lowest BCUT2D eigenvalue weighted by Crippen LogP contribution is -2.38. The van der Waals surface area contributed by atoms with E-state index in [-0.39, 0.29) is 24.2 Å². The van der Waals surface area contributed by atoms with Crippen molar-refractivity contribution >= 4 is 11.8 Å². The van der Waals surface area contributed by atoms with Crippen LogP contribution in [0.1, 0.15) is 59.6 Å². The molecule has 0 radical (unpaired) electrons. The number of aryl methyl sites for hydroxylation is 1. The summed E-state index contributed by atoms with van der Waals surface area (Å²) in [6, 6.07) is 1.65. The van der Waals surface area contributed by atoms with Crippen molar-refractivity contribution in [3.05, 3.63) is 29.3 Å². The molecule has 0 saturated carbocycles. The molecule has 4 heterocycles. The topological polar surface area (TPSA) is 106 Å². The molecule has 2 amide bonds. The van der Waals surface area contributed by atoms with Crippen LogP contribution in [0.5, 0.6) is 0 Å². The minimum absolute atomic E-state index is 0.0472. The first-order valence-corrected chi connectivity index (χ1v) is 9.43. The molecule has 27 heavy (non-hydrogen) atoms. The van der Waals surface area contributed by atoms with Crippen LogP contribution in [0.15, 0.2) is 15.0 Å². The Hall–Kier alpha value is -2.71. The Bertz CT molecular complexity index is 815. The van der Waals surface area contributed by atoms with E-state index in [4.69, 9.17) is 8.94 Å². The molecule has 2 aliphatic heterocycles. The Labute approximate surface area is 156 Å². The summed E-state index contributed by atoms with van der Waals surface area (Å²) in [6.07, 6.45) is 3.77. The number of amides is 2.